The number of aromatic nitrogens is 5. The first-order valence-electron chi connectivity index (χ1n) is 13.0. The third-order valence-electron chi connectivity index (χ3n) is 7.86. The molecule has 190 valence electrons. The van der Waals surface area contributed by atoms with Crippen LogP contribution < -0.4 is 5.32 Å². The van der Waals surface area contributed by atoms with E-state index >= 15 is 0 Å². The number of aromatic amines is 1. The molecule has 0 aliphatic heterocycles. The highest BCUT2D eigenvalue weighted by molar-refractivity contribution is 5.89. The van der Waals surface area contributed by atoms with Gasteiger partial charge in [-0.1, -0.05) is 13.8 Å². The van der Waals surface area contributed by atoms with Gasteiger partial charge in [0.15, 0.2) is 5.65 Å². The predicted molar refractivity (Wildman–Crippen MR) is 143 cm³/mol. The Kier molecular flexibility index (Phi) is 6.55. The van der Waals surface area contributed by atoms with E-state index in [9.17, 15) is 4.79 Å². The number of nitrogens with one attached hydrogen (secondary N) is 2. The van der Waals surface area contributed by atoms with E-state index in [2.05, 4.69) is 66.4 Å². The Morgan fingerprint density at radius 3 is 2.61 bits per heavy atom. The Balaban J connectivity index is 1.43. The number of hydrogen-bond acceptors (Lipinski definition) is 5. The van der Waals surface area contributed by atoms with E-state index in [-0.39, 0.29) is 5.91 Å². The van der Waals surface area contributed by atoms with Gasteiger partial charge in [0.2, 0.25) is 5.91 Å². The van der Waals surface area contributed by atoms with E-state index in [1.807, 2.05) is 4.52 Å². The molecule has 0 atom stereocenters. The first kappa shape index (κ1) is 24.4. The number of likely N-dealkylation sites (N-methyl/N-ethyl adjacent to an activating group) is 1. The highest BCUT2D eigenvalue weighted by Crippen LogP contribution is 2.39. The summed E-state index contributed by atoms with van der Waals surface area (Å²) in [7, 11) is 3.60. The monoisotopic (exact) mass is 487 g/mol. The van der Waals surface area contributed by atoms with Gasteiger partial charge in [-0.25, -0.2) is 9.50 Å². The van der Waals surface area contributed by atoms with Crippen LogP contribution in [0.15, 0.2) is 24.7 Å². The van der Waals surface area contributed by atoms with Gasteiger partial charge in [0.25, 0.3) is 0 Å². The zero-order valence-electron chi connectivity index (χ0n) is 22.2. The summed E-state index contributed by atoms with van der Waals surface area (Å²) in [5, 5.41) is 7.84. The first-order chi connectivity index (χ1) is 17.2. The maximum absolute atomic E-state index is 11.9. The van der Waals surface area contributed by atoms with Gasteiger partial charge in [-0.05, 0) is 68.7 Å². The van der Waals surface area contributed by atoms with Crippen molar-refractivity contribution in [2.24, 2.45) is 0 Å². The van der Waals surface area contributed by atoms with Crippen molar-refractivity contribution >= 4 is 22.6 Å². The second-order valence-corrected chi connectivity index (χ2v) is 10.7. The molecule has 0 spiro atoms. The van der Waals surface area contributed by atoms with Crippen molar-refractivity contribution < 1.29 is 4.79 Å². The standard InChI is InChI=1S/C28H37N7O/c1-16(2)25-26(21-14-35-28(30-15-31-35)18(4)17(21)3)33-23-12-11-22(32-27(23)25)19-7-9-20(10-8-19)29-13-24(36)34(5)6/h11-12,14-16,19-20,29,33H,7-10,13H2,1-6H3. The topological polar surface area (TPSA) is 91.2 Å². The average molecular weight is 488 g/mol. The zero-order chi connectivity index (χ0) is 25.6. The molecule has 8 heteroatoms. The maximum atomic E-state index is 11.9. The molecule has 4 aromatic rings. The molecule has 0 unspecified atom stereocenters. The van der Waals surface area contributed by atoms with Crippen LogP contribution in [0.25, 0.3) is 27.9 Å². The number of fused-ring (bicyclic) bond motifs is 2. The third-order valence-corrected chi connectivity index (χ3v) is 7.86. The summed E-state index contributed by atoms with van der Waals surface area (Å²) in [6.45, 7) is 9.16. The van der Waals surface area contributed by atoms with E-state index in [1.54, 1.807) is 25.3 Å². The van der Waals surface area contributed by atoms with E-state index in [0.717, 1.165) is 59.2 Å². The van der Waals surface area contributed by atoms with Crippen LogP contribution >= 0.6 is 0 Å². The van der Waals surface area contributed by atoms with Gasteiger partial charge >= 0.3 is 0 Å². The third kappa shape index (κ3) is 4.39. The zero-order valence-corrected chi connectivity index (χ0v) is 22.2. The molecule has 1 amide bonds. The highest BCUT2D eigenvalue weighted by Gasteiger charge is 2.26. The summed E-state index contributed by atoms with van der Waals surface area (Å²) >= 11 is 0. The average Bonchev–Trinajstić information content (AvgIpc) is 3.49. The molecule has 0 saturated heterocycles. The summed E-state index contributed by atoms with van der Waals surface area (Å²) in [5.41, 5.74) is 10.1. The van der Waals surface area contributed by atoms with E-state index in [1.165, 1.54) is 16.8 Å². The van der Waals surface area contributed by atoms with Crippen molar-refractivity contribution in [1.29, 1.82) is 0 Å². The van der Waals surface area contributed by atoms with Gasteiger partial charge < -0.3 is 15.2 Å². The Morgan fingerprint density at radius 2 is 1.92 bits per heavy atom. The SMILES string of the molecule is Cc1c(-c2[nH]c3ccc(C4CCC(NCC(=O)N(C)C)CC4)nc3c2C(C)C)cn2ncnc2c1C. The number of H-pyrrole nitrogens is 1. The molecule has 4 heterocycles. The minimum atomic E-state index is 0.127. The van der Waals surface area contributed by atoms with E-state index in [4.69, 9.17) is 4.98 Å². The van der Waals surface area contributed by atoms with Gasteiger partial charge in [0, 0.05) is 49.1 Å². The van der Waals surface area contributed by atoms with Crippen LogP contribution in [-0.2, 0) is 4.79 Å². The molecule has 36 heavy (non-hydrogen) atoms. The number of hydrogen-bond donors (Lipinski definition) is 2. The van der Waals surface area contributed by atoms with Crippen LogP contribution in [0.2, 0.25) is 0 Å². The molecular formula is C28H37N7O. The van der Waals surface area contributed by atoms with Crippen LogP contribution in [0, 0.1) is 13.8 Å². The van der Waals surface area contributed by atoms with E-state index in [0.29, 0.717) is 24.4 Å². The Morgan fingerprint density at radius 1 is 1.17 bits per heavy atom. The lowest BCUT2D eigenvalue weighted by Gasteiger charge is -2.29. The van der Waals surface area contributed by atoms with Crippen LogP contribution in [0.5, 0.6) is 0 Å². The molecule has 1 aliphatic carbocycles. The number of aryl methyl sites for hydroxylation is 1. The molecule has 5 rings (SSSR count). The van der Waals surface area contributed by atoms with Gasteiger partial charge in [-0.15, -0.1) is 0 Å². The van der Waals surface area contributed by atoms with Crippen LogP contribution in [0.1, 0.15) is 73.8 Å². The van der Waals surface area contributed by atoms with Gasteiger partial charge in [-0.3, -0.25) is 9.78 Å². The first-order valence-corrected chi connectivity index (χ1v) is 13.0. The van der Waals surface area contributed by atoms with E-state index < -0.39 is 0 Å². The summed E-state index contributed by atoms with van der Waals surface area (Å²) in [4.78, 5) is 26.9. The lowest BCUT2D eigenvalue weighted by Crippen LogP contribution is -2.40. The van der Waals surface area contributed by atoms with Gasteiger partial charge in [0.05, 0.1) is 23.3 Å². The number of carbonyl (C=O) groups excluding carboxylic acids is 1. The largest absolute Gasteiger partial charge is 0.353 e. The summed E-state index contributed by atoms with van der Waals surface area (Å²) in [5.74, 6) is 0.893. The maximum Gasteiger partial charge on any atom is 0.236 e. The van der Waals surface area contributed by atoms with Crippen molar-refractivity contribution in [1.82, 2.24) is 34.8 Å². The fraction of sp³-hybridized carbons (Fsp3) is 0.500. The van der Waals surface area contributed by atoms with Crippen LogP contribution in [-0.4, -0.2) is 62.1 Å². The lowest BCUT2D eigenvalue weighted by molar-refractivity contribution is -0.127. The smallest absolute Gasteiger partial charge is 0.236 e. The molecule has 1 aliphatic rings. The predicted octanol–water partition coefficient (Wildman–Crippen LogP) is 4.72. The van der Waals surface area contributed by atoms with Crippen molar-refractivity contribution in [2.75, 3.05) is 20.6 Å². The molecule has 0 aromatic carbocycles. The Hall–Kier alpha value is -3.26. The molecular weight excluding hydrogens is 450 g/mol. The molecule has 4 aromatic heterocycles. The number of carbonyl (C=O) groups is 1. The fourth-order valence-corrected chi connectivity index (χ4v) is 5.54. The van der Waals surface area contributed by atoms with Crippen LogP contribution in [0.3, 0.4) is 0 Å². The van der Waals surface area contributed by atoms with Crippen molar-refractivity contribution in [3.63, 3.8) is 0 Å². The minimum Gasteiger partial charge on any atom is -0.353 e. The number of amides is 1. The number of rotatable bonds is 6. The fourth-order valence-electron chi connectivity index (χ4n) is 5.54. The quantitative estimate of drug-likeness (QED) is 0.411. The molecule has 8 nitrogen and oxygen atoms in total. The highest BCUT2D eigenvalue weighted by atomic mass is 16.2. The second-order valence-electron chi connectivity index (χ2n) is 10.7. The Labute approximate surface area is 212 Å². The molecule has 0 bridgehead atoms. The van der Waals surface area contributed by atoms with Crippen LogP contribution in [0.4, 0.5) is 0 Å². The summed E-state index contributed by atoms with van der Waals surface area (Å²) < 4.78 is 1.87. The molecule has 1 fully saturated rings. The lowest BCUT2D eigenvalue weighted by atomic mass is 9.83. The normalized spacial score (nSPS) is 18.4. The molecule has 0 radical (unpaired) electrons. The minimum absolute atomic E-state index is 0.127. The Bertz CT molecular complexity index is 1410. The van der Waals surface area contributed by atoms with Gasteiger partial charge in [-0.2, -0.15) is 5.10 Å². The second kappa shape index (κ2) is 9.65. The van der Waals surface area contributed by atoms with Gasteiger partial charge in [0.1, 0.15) is 6.33 Å². The molecule has 2 N–H and O–H groups in total. The number of pyridine rings is 2. The van der Waals surface area contributed by atoms with Crippen molar-refractivity contribution in [3.8, 4) is 11.3 Å². The van der Waals surface area contributed by atoms with Crippen molar-refractivity contribution in [2.45, 2.75) is 71.3 Å². The van der Waals surface area contributed by atoms with Crippen molar-refractivity contribution in [3.05, 3.63) is 47.0 Å². The summed E-state index contributed by atoms with van der Waals surface area (Å²) in [6.07, 6.45) is 7.99. The molecule has 1 saturated carbocycles. The summed E-state index contributed by atoms with van der Waals surface area (Å²) in [6, 6.07) is 4.79. The number of nitrogens with zero attached hydrogens (tertiary/aromatic N) is 5.